The van der Waals surface area contributed by atoms with Crippen molar-refractivity contribution in [2.75, 3.05) is 20.8 Å². The van der Waals surface area contributed by atoms with Crippen molar-refractivity contribution in [1.29, 1.82) is 0 Å². The first-order valence-corrected chi connectivity index (χ1v) is 11.9. The Morgan fingerprint density at radius 3 is 2.11 bits per heavy atom. The lowest BCUT2D eigenvalue weighted by molar-refractivity contribution is -0.138. The highest BCUT2D eigenvalue weighted by Crippen LogP contribution is 2.40. The molecule has 0 fully saturated rings. The molecule has 9 heteroatoms. The molecule has 1 aliphatic heterocycles. The molecule has 0 radical (unpaired) electrons. The Bertz CT molecular complexity index is 1320. The van der Waals surface area contributed by atoms with E-state index in [0.717, 1.165) is 0 Å². The highest BCUT2D eigenvalue weighted by Gasteiger charge is 2.37. The second-order valence-corrected chi connectivity index (χ2v) is 8.32. The standard InChI is InChI=1S/C29H30N2O7/c1-6-38-27(33)22(26(32)19-11-8-7-9-12-19)16-30-21-14-10-13-20(15-21)25-23(28(34)36-4)17(2)31-18(3)24(25)29(35)37-5/h7-16,25,31-32H,6H2,1-5H3/b26-22+,30-16?. The fourth-order valence-corrected chi connectivity index (χ4v) is 4.18. The third kappa shape index (κ3) is 6.00. The molecular formula is C29H30N2O7. The van der Waals surface area contributed by atoms with Crippen LogP contribution in [-0.2, 0) is 28.6 Å². The van der Waals surface area contributed by atoms with Gasteiger partial charge in [-0.05, 0) is 38.5 Å². The summed E-state index contributed by atoms with van der Waals surface area (Å²) in [5.74, 6) is -2.99. The van der Waals surface area contributed by atoms with Gasteiger partial charge in [0.05, 0.1) is 43.6 Å². The van der Waals surface area contributed by atoms with Gasteiger partial charge in [0.1, 0.15) is 11.3 Å². The van der Waals surface area contributed by atoms with Gasteiger partial charge in [-0.3, -0.25) is 4.99 Å². The molecule has 0 amide bonds. The van der Waals surface area contributed by atoms with Crippen LogP contribution >= 0.6 is 0 Å². The molecule has 198 valence electrons. The number of allylic oxidation sites excluding steroid dienone is 2. The quantitative estimate of drug-likeness (QED) is 0.172. The number of esters is 3. The van der Waals surface area contributed by atoms with Gasteiger partial charge in [0.25, 0.3) is 0 Å². The fourth-order valence-electron chi connectivity index (χ4n) is 4.18. The van der Waals surface area contributed by atoms with E-state index in [9.17, 15) is 19.5 Å². The Morgan fingerprint density at radius 2 is 1.55 bits per heavy atom. The van der Waals surface area contributed by atoms with E-state index < -0.39 is 23.8 Å². The van der Waals surface area contributed by atoms with Crippen molar-refractivity contribution in [2.45, 2.75) is 26.7 Å². The van der Waals surface area contributed by atoms with Crippen LogP contribution in [-0.4, -0.2) is 50.1 Å². The van der Waals surface area contributed by atoms with Crippen LogP contribution in [0.25, 0.3) is 5.76 Å². The topological polar surface area (TPSA) is 124 Å². The number of dihydropyridines is 1. The number of nitrogens with zero attached hydrogens (tertiary/aromatic N) is 1. The Labute approximate surface area is 221 Å². The van der Waals surface area contributed by atoms with E-state index in [1.165, 1.54) is 20.4 Å². The maximum atomic E-state index is 12.8. The average molecular weight is 519 g/mol. The van der Waals surface area contributed by atoms with E-state index in [1.54, 1.807) is 75.4 Å². The molecule has 2 aromatic carbocycles. The second-order valence-electron chi connectivity index (χ2n) is 8.32. The van der Waals surface area contributed by atoms with E-state index in [1.807, 2.05) is 0 Å². The van der Waals surface area contributed by atoms with Crippen molar-refractivity contribution in [2.24, 2.45) is 4.99 Å². The molecule has 0 saturated carbocycles. The number of carbonyl (C=O) groups excluding carboxylic acids is 3. The summed E-state index contributed by atoms with van der Waals surface area (Å²) in [5.41, 5.74) is 2.89. The first kappa shape index (κ1) is 27.9. The first-order valence-electron chi connectivity index (χ1n) is 11.9. The molecular weight excluding hydrogens is 488 g/mol. The first-order chi connectivity index (χ1) is 18.2. The maximum Gasteiger partial charge on any atom is 0.343 e. The Hall–Kier alpha value is -4.66. The van der Waals surface area contributed by atoms with E-state index >= 15 is 0 Å². The SMILES string of the molecule is CCOC(=O)/C(C=Nc1cccc(C2C(C(=O)OC)=C(C)NC(C)=C2C(=O)OC)c1)=C(/O)c1ccccc1. The number of methoxy groups -OCH3 is 2. The molecule has 0 spiro atoms. The van der Waals surface area contributed by atoms with E-state index in [-0.39, 0.29) is 29.1 Å². The molecule has 0 unspecified atom stereocenters. The molecule has 0 aliphatic carbocycles. The number of ether oxygens (including phenoxy) is 3. The lowest BCUT2D eigenvalue weighted by atomic mass is 9.80. The Balaban J connectivity index is 2.11. The molecule has 2 N–H and O–H groups in total. The van der Waals surface area contributed by atoms with Crippen LogP contribution < -0.4 is 5.32 Å². The highest BCUT2D eigenvalue weighted by molar-refractivity contribution is 6.15. The van der Waals surface area contributed by atoms with Crippen molar-refractivity contribution < 1.29 is 33.7 Å². The van der Waals surface area contributed by atoms with Crippen LogP contribution in [0, 0.1) is 0 Å². The van der Waals surface area contributed by atoms with Gasteiger partial charge in [-0.15, -0.1) is 0 Å². The largest absolute Gasteiger partial charge is 0.506 e. The van der Waals surface area contributed by atoms with Crippen LogP contribution in [0.4, 0.5) is 5.69 Å². The van der Waals surface area contributed by atoms with Gasteiger partial charge in [-0.2, -0.15) is 0 Å². The number of carbonyl (C=O) groups is 3. The zero-order valence-corrected chi connectivity index (χ0v) is 21.9. The number of rotatable bonds is 8. The minimum atomic E-state index is -0.788. The summed E-state index contributed by atoms with van der Waals surface area (Å²) >= 11 is 0. The van der Waals surface area contributed by atoms with E-state index in [4.69, 9.17) is 14.2 Å². The predicted octanol–water partition coefficient (Wildman–Crippen LogP) is 4.50. The Morgan fingerprint density at radius 1 is 0.947 bits per heavy atom. The number of aliphatic hydroxyl groups is 1. The lowest BCUT2D eigenvalue weighted by Crippen LogP contribution is -2.32. The molecule has 38 heavy (non-hydrogen) atoms. The molecule has 0 atom stereocenters. The lowest BCUT2D eigenvalue weighted by Gasteiger charge is -2.30. The monoisotopic (exact) mass is 518 g/mol. The van der Waals surface area contributed by atoms with Crippen LogP contribution in [0.3, 0.4) is 0 Å². The summed E-state index contributed by atoms with van der Waals surface area (Å²) in [6.07, 6.45) is 1.23. The summed E-state index contributed by atoms with van der Waals surface area (Å²) in [6, 6.07) is 15.4. The zero-order chi connectivity index (χ0) is 27.8. The Kier molecular flexibility index (Phi) is 9.21. The van der Waals surface area contributed by atoms with Gasteiger partial charge in [0.15, 0.2) is 0 Å². The molecule has 3 rings (SSSR count). The molecule has 2 aromatic rings. The number of benzene rings is 2. The summed E-state index contributed by atoms with van der Waals surface area (Å²) in [6.45, 7) is 5.23. The molecule has 9 nitrogen and oxygen atoms in total. The smallest absolute Gasteiger partial charge is 0.343 e. The summed E-state index contributed by atoms with van der Waals surface area (Å²) in [5, 5.41) is 13.8. The van der Waals surface area contributed by atoms with Gasteiger partial charge in [-0.1, -0.05) is 42.5 Å². The predicted molar refractivity (Wildman–Crippen MR) is 143 cm³/mol. The van der Waals surface area contributed by atoms with Crippen LogP contribution in [0.5, 0.6) is 0 Å². The number of aliphatic imine (C=N–C) groups is 1. The van der Waals surface area contributed by atoms with E-state index in [2.05, 4.69) is 10.3 Å². The minimum absolute atomic E-state index is 0.118. The number of aliphatic hydroxyl groups excluding tert-OH is 1. The van der Waals surface area contributed by atoms with Crippen molar-refractivity contribution in [3.05, 3.63) is 93.8 Å². The van der Waals surface area contributed by atoms with Crippen LogP contribution in [0.2, 0.25) is 0 Å². The fraction of sp³-hybridized carbons (Fsp3) is 0.241. The van der Waals surface area contributed by atoms with Gasteiger partial charge < -0.3 is 24.6 Å². The van der Waals surface area contributed by atoms with Crippen LogP contribution in [0.15, 0.2) is 87.7 Å². The number of nitrogens with one attached hydrogen (secondary N) is 1. The van der Waals surface area contributed by atoms with Gasteiger partial charge in [0.2, 0.25) is 0 Å². The van der Waals surface area contributed by atoms with Gasteiger partial charge >= 0.3 is 17.9 Å². The van der Waals surface area contributed by atoms with Crippen molar-refractivity contribution in [3.63, 3.8) is 0 Å². The minimum Gasteiger partial charge on any atom is -0.506 e. The highest BCUT2D eigenvalue weighted by atomic mass is 16.5. The van der Waals surface area contributed by atoms with Crippen molar-refractivity contribution in [3.8, 4) is 0 Å². The normalized spacial score (nSPS) is 14.7. The summed E-state index contributed by atoms with van der Waals surface area (Å²) in [4.78, 5) is 42.5. The molecule has 0 bridgehead atoms. The van der Waals surface area contributed by atoms with E-state index in [0.29, 0.717) is 28.2 Å². The molecule has 1 heterocycles. The number of hydrogen-bond acceptors (Lipinski definition) is 9. The van der Waals surface area contributed by atoms with Crippen molar-refractivity contribution >= 4 is 35.6 Å². The third-order valence-corrected chi connectivity index (χ3v) is 5.91. The zero-order valence-electron chi connectivity index (χ0n) is 21.9. The second kappa shape index (κ2) is 12.5. The van der Waals surface area contributed by atoms with Gasteiger partial charge in [0, 0.05) is 23.2 Å². The van der Waals surface area contributed by atoms with Crippen molar-refractivity contribution in [1.82, 2.24) is 5.32 Å². The molecule has 0 aromatic heterocycles. The third-order valence-electron chi connectivity index (χ3n) is 5.91. The number of hydrogen-bond donors (Lipinski definition) is 2. The summed E-state index contributed by atoms with van der Waals surface area (Å²) in [7, 11) is 2.54. The molecule has 0 saturated heterocycles. The summed E-state index contributed by atoms with van der Waals surface area (Å²) < 4.78 is 15.1. The van der Waals surface area contributed by atoms with Gasteiger partial charge in [-0.25, -0.2) is 14.4 Å². The average Bonchev–Trinajstić information content (AvgIpc) is 2.92. The maximum absolute atomic E-state index is 12.8. The molecule has 1 aliphatic rings. The van der Waals surface area contributed by atoms with Crippen LogP contribution in [0.1, 0.15) is 37.8 Å².